The zero-order valence-electron chi connectivity index (χ0n) is 16.9. The third-order valence-corrected chi connectivity index (χ3v) is 5.39. The number of nitrogens with zero attached hydrogens (tertiary/aromatic N) is 4. The molecule has 0 bridgehead atoms. The molecule has 8 heteroatoms. The number of aliphatic hydroxyl groups is 1. The van der Waals surface area contributed by atoms with Crippen molar-refractivity contribution in [1.29, 1.82) is 0 Å². The first-order chi connectivity index (χ1) is 13.9. The van der Waals surface area contributed by atoms with Crippen molar-refractivity contribution in [2.75, 3.05) is 36.5 Å². The maximum absolute atomic E-state index is 12.1. The van der Waals surface area contributed by atoms with Gasteiger partial charge in [0.15, 0.2) is 11.6 Å². The van der Waals surface area contributed by atoms with E-state index in [1.54, 1.807) is 32.3 Å². The van der Waals surface area contributed by atoms with Crippen LogP contribution in [0.2, 0.25) is 0 Å². The minimum atomic E-state index is -0.996. The summed E-state index contributed by atoms with van der Waals surface area (Å²) in [5.41, 5.74) is 1.09. The van der Waals surface area contributed by atoms with Crippen LogP contribution in [-0.4, -0.2) is 52.3 Å². The van der Waals surface area contributed by atoms with Crippen molar-refractivity contribution in [1.82, 2.24) is 15.0 Å². The van der Waals surface area contributed by atoms with E-state index < -0.39 is 5.60 Å². The second-order valence-corrected chi connectivity index (χ2v) is 8.26. The molecule has 0 aliphatic carbocycles. The lowest BCUT2D eigenvalue weighted by Gasteiger charge is -2.31. The fourth-order valence-electron chi connectivity index (χ4n) is 3.71. The molecular formula is C21H31N5O3. The number of hydrogen-bond donors (Lipinski definition) is 2. The molecule has 2 aliphatic heterocycles. The lowest BCUT2D eigenvalue weighted by Crippen LogP contribution is -2.40. The topological polar surface area (TPSA) is 100 Å². The van der Waals surface area contributed by atoms with Gasteiger partial charge in [0.1, 0.15) is 5.60 Å². The molecule has 2 aromatic rings. The number of anilines is 2. The first-order valence-corrected chi connectivity index (χ1v) is 10.1. The maximum atomic E-state index is 12.1. The quantitative estimate of drug-likeness (QED) is 0.794. The average Bonchev–Trinajstić information content (AvgIpc) is 2.72. The van der Waals surface area contributed by atoms with Gasteiger partial charge in [0.2, 0.25) is 5.91 Å². The largest absolute Gasteiger partial charge is 0.384 e. The van der Waals surface area contributed by atoms with E-state index in [4.69, 9.17) is 9.72 Å². The third kappa shape index (κ3) is 4.54. The van der Waals surface area contributed by atoms with E-state index in [0.717, 1.165) is 44.6 Å². The number of aromatic nitrogens is 3. The number of carbonyl (C=O) groups is 1. The Hall–Kier alpha value is -2.58. The molecule has 1 unspecified atom stereocenters. The van der Waals surface area contributed by atoms with Crippen LogP contribution < -0.4 is 10.2 Å². The number of hydrogen-bond acceptors (Lipinski definition) is 7. The van der Waals surface area contributed by atoms with Crippen molar-refractivity contribution < 1.29 is 17.5 Å². The Morgan fingerprint density at radius 2 is 2.21 bits per heavy atom. The predicted octanol–water partition coefficient (Wildman–Crippen LogP) is 2.83. The predicted molar refractivity (Wildman–Crippen MR) is 114 cm³/mol. The van der Waals surface area contributed by atoms with Crippen LogP contribution in [0.1, 0.15) is 41.7 Å². The molecule has 158 valence electrons. The number of pyridine rings is 1. The summed E-state index contributed by atoms with van der Waals surface area (Å²) >= 11 is 0. The van der Waals surface area contributed by atoms with E-state index >= 15 is 0 Å². The minimum absolute atomic E-state index is 0. The zero-order chi connectivity index (χ0) is 20.4. The summed E-state index contributed by atoms with van der Waals surface area (Å²) in [5, 5.41) is 12.9. The number of fused-ring (bicyclic) bond motifs is 1. The molecule has 0 radical (unpaired) electrons. The Morgan fingerprint density at radius 3 is 2.90 bits per heavy atom. The molecule has 29 heavy (non-hydrogen) atoms. The highest BCUT2D eigenvalue weighted by molar-refractivity contribution is 5.99. The van der Waals surface area contributed by atoms with Gasteiger partial charge < -0.3 is 20.1 Å². The SMILES string of the molecule is CC(C)(O)c1ccc(-c2cnc3c(n2)N(CCC2CCCOC2)CC(=O)N3)cn1.[HH].[HH]. The van der Waals surface area contributed by atoms with Crippen LogP contribution in [0, 0.1) is 5.92 Å². The van der Waals surface area contributed by atoms with Crippen LogP contribution in [0.25, 0.3) is 11.3 Å². The average molecular weight is 402 g/mol. The molecule has 0 spiro atoms. The molecule has 4 heterocycles. The molecule has 2 aromatic heterocycles. The number of amides is 1. The highest BCUT2D eigenvalue weighted by Crippen LogP contribution is 2.30. The van der Waals surface area contributed by atoms with Crippen LogP contribution >= 0.6 is 0 Å². The first kappa shape index (κ1) is 19.7. The van der Waals surface area contributed by atoms with Gasteiger partial charge in [-0.15, -0.1) is 0 Å². The highest BCUT2D eigenvalue weighted by Gasteiger charge is 2.26. The van der Waals surface area contributed by atoms with E-state index in [0.29, 0.717) is 28.9 Å². The number of nitrogens with one attached hydrogen (secondary N) is 1. The molecule has 0 aromatic carbocycles. The van der Waals surface area contributed by atoms with Crippen molar-refractivity contribution in [2.45, 2.75) is 38.7 Å². The van der Waals surface area contributed by atoms with E-state index in [1.807, 2.05) is 11.0 Å². The fraction of sp³-hybridized carbons (Fsp3) is 0.524. The molecule has 0 saturated carbocycles. The summed E-state index contributed by atoms with van der Waals surface area (Å²) in [7, 11) is 0. The van der Waals surface area contributed by atoms with Gasteiger partial charge in [0, 0.05) is 34.4 Å². The van der Waals surface area contributed by atoms with E-state index in [1.165, 1.54) is 0 Å². The summed E-state index contributed by atoms with van der Waals surface area (Å²) in [6, 6.07) is 3.67. The fourth-order valence-corrected chi connectivity index (χ4v) is 3.71. The van der Waals surface area contributed by atoms with Crippen LogP contribution in [0.5, 0.6) is 0 Å². The lowest BCUT2D eigenvalue weighted by molar-refractivity contribution is -0.115. The normalized spacial score (nSPS) is 19.6. The van der Waals surface area contributed by atoms with Gasteiger partial charge in [-0.25, -0.2) is 9.97 Å². The van der Waals surface area contributed by atoms with Crippen LogP contribution in [0.3, 0.4) is 0 Å². The summed E-state index contributed by atoms with van der Waals surface area (Å²) in [6.45, 7) is 6.05. The monoisotopic (exact) mass is 401 g/mol. The molecule has 1 amide bonds. The van der Waals surface area contributed by atoms with Crippen molar-refractivity contribution in [3.05, 3.63) is 30.2 Å². The smallest absolute Gasteiger partial charge is 0.245 e. The minimum Gasteiger partial charge on any atom is -0.384 e. The van der Waals surface area contributed by atoms with E-state index in [2.05, 4.69) is 15.3 Å². The van der Waals surface area contributed by atoms with E-state index in [9.17, 15) is 9.90 Å². The second-order valence-electron chi connectivity index (χ2n) is 8.26. The molecule has 2 aliphatic rings. The lowest BCUT2D eigenvalue weighted by atomic mass is 9.98. The van der Waals surface area contributed by atoms with Crippen LogP contribution in [0.4, 0.5) is 11.6 Å². The van der Waals surface area contributed by atoms with Gasteiger partial charge in [-0.2, -0.15) is 0 Å². The highest BCUT2D eigenvalue weighted by atomic mass is 16.5. The summed E-state index contributed by atoms with van der Waals surface area (Å²) < 4.78 is 5.57. The number of ether oxygens (including phenoxy) is 1. The molecule has 4 rings (SSSR count). The van der Waals surface area contributed by atoms with Gasteiger partial charge in [-0.05, 0) is 51.2 Å². The molecule has 2 N–H and O–H groups in total. The van der Waals surface area contributed by atoms with Gasteiger partial charge >= 0.3 is 0 Å². The standard InChI is InChI=1S/C21H27N5O3.2H2/c1-21(2,28)17-6-5-15(10-22-17)16-11-23-19-20(24-16)26(12-18(27)25-19)8-7-14-4-3-9-29-13-14;;/h5-6,10-11,14,28H,3-4,7-9,12-13H2,1-2H3,(H,23,25,27);2*1H. The van der Waals surface area contributed by atoms with Crippen molar-refractivity contribution in [2.24, 2.45) is 5.92 Å². The summed E-state index contributed by atoms with van der Waals surface area (Å²) in [5.74, 6) is 1.62. The van der Waals surface area contributed by atoms with Crippen molar-refractivity contribution in [3.63, 3.8) is 0 Å². The molecule has 1 fully saturated rings. The van der Waals surface area contributed by atoms with Gasteiger partial charge in [-0.1, -0.05) is 0 Å². The molecule has 1 saturated heterocycles. The molecular weight excluding hydrogens is 370 g/mol. The van der Waals surface area contributed by atoms with Crippen molar-refractivity contribution >= 4 is 17.5 Å². The third-order valence-electron chi connectivity index (χ3n) is 5.39. The maximum Gasteiger partial charge on any atom is 0.245 e. The summed E-state index contributed by atoms with van der Waals surface area (Å²) in [6.07, 6.45) is 6.55. The Morgan fingerprint density at radius 1 is 1.34 bits per heavy atom. The van der Waals surface area contributed by atoms with E-state index in [-0.39, 0.29) is 15.3 Å². The van der Waals surface area contributed by atoms with Crippen molar-refractivity contribution in [3.8, 4) is 11.3 Å². The van der Waals surface area contributed by atoms with Gasteiger partial charge in [0.25, 0.3) is 0 Å². The first-order valence-electron chi connectivity index (χ1n) is 10.1. The Kier molecular flexibility index (Phi) is 5.47. The molecule has 1 atom stereocenters. The second kappa shape index (κ2) is 8.04. The Balaban J connectivity index is 0.00000171. The summed E-state index contributed by atoms with van der Waals surface area (Å²) in [4.78, 5) is 27.6. The van der Waals surface area contributed by atoms with Gasteiger partial charge in [-0.3, -0.25) is 9.78 Å². The van der Waals surface area contributed by atoms with Crippen LogP contribution in [-0.2, 0) is 15.1 Å². The van der Waals surface area contributed by atoms with Gasteiger partial charge in [0.05, 0.1) is 24.1 Å². The molecule has 8 nitrogen and oxygen atoms in total. The number of carbonyl (C=O) groups excluding carboxylic acids is 1. The Bertz CT molecular complexity index is 884. The van der Waals surface area contributed by atoms with Crippen LogP contribution in [0.15, 0.2) is 24.5 Å². The number of rotatable bonds is 5. The Labute approximate surface area is 173 Å². The zero-order valence-corrected chi connectivity index (χ0v) is 16.9.